The summed E-state index contributed by atoms with van der Waals surface area (Å²) >= 11 is 6.08. The van der Waals surface area contributed by atoms with E-state index in [0.29, 0.717) is 39.1 Å². The minimum atomic E-state index is -2.57. The SMILES string of the molecule is CCOC(CCCNCc1ccccc1Cl)(OCC)[P+](=O)O. The summed E-state index contributed by atoms with van der Waals surface area (Å²) in [6, 6.07) is 7.64. The van der Waals surface area contributed by atoms with Crippen molar-refractivity contribution in [2.75, 3.05) is 19.8 Å². The van der Waals surface area contributed by atoms with Crippen LogP contribution < -0.4 is 5.32 Å². The minimum absolute atomic E-state index is 0.328. The highest BCUT2D eigenvalue weighted by atomic mass is 35.5. The fourth-order valence-electron chi connectivity index (χ4n) is 2.14. The maximum absolute atomic E-state index is 11.6. The summed E-state index contributed by atoms with van der Waals surface area (Å²) in [5.41, 5.74) is -0.372. The van der Waals surface area contributed by atoms with Crippen molar-refractivity contribution in [2.45, 2.75) is 38.8 Å². The molecule has 0 heterocycles. The standard InChI is InChI=1S/C15H23ClNO4P/c1-3-20-15(21-4-2,22(18)19)10-7-11-17-12-13-8-5-6-9-14(13)16/h5-6,8-9,17H,3-4,7,10-12H2,1-2H3/p+1. The molecular formula is C15H24ClNO4P+. The zero-order chi connectivity index (χ0) is 16.4. The van der Waals surface area contributed by atoms with Crippen LogP contribution in [0.15, 0.2) is 24.3 Å². The molecule has 0 aliphatic heterocycles. The normalized spacial score (nSPS) is 12.5. The third-order valence-corrected chi connectivity index (χ3v) is 4.58. The summed E-state index contributed by atoms with van der Waals surface area (Å²) < 4.78 is 22.4. The van der Waals surface area contributed by atoms with E-state index < -0.39 is 13.6 Å². The van der Waals surface area contributed by atoms with Gasteiger partial charge in [0.1, 0.15) is 0 Å². The summed E-state index contributed by atoms with van der Waals surface area (Å²) in [5.74, 6) is 0. The van der Waals surface area contributed by atoms with Crippen molar-refractivity contribution in [3.05, 3.63) is 34.9 Å². The molecule has 22 heavy (non-hydrogen) atoms. The first-order valence-electron chi connectivity index (χ1n) is 7.44. The van der Waals surface area contributed by atoms with Crippen LogP contribution in [0, 0.1) is 0 Å². The summed E-state index contributed by atoms with van der Waals surface area (Å²) in [6.07, 6.45) is 1.02. The smallest absolute Gasteiger partial charge is 0.313 e. The number of nitrogens with one attached hydrogen (secondary N) is 1. The zero-order valence-electron chi connectivity index (χ0n) is 13.0. The first-order valence-corrected chi connectivity index (χ1v) is 9.03. The van der Waals surface area contributed by atoms with Crippen LogP contribution in [0.5, 0.6) is 0 Å². The van der Waals surface area contributed by atoms with E-state index in [1.165, 1.54) is 0 Å². The summed E-state index contributed by atoms with van der Waals surface area (Å²) in [7, 11) is -2.57. The molecule has 0 saturated heterocycles. The summed E-state index contributed by atoms with van der Waals surface area (Å²) in [5, 5.41) is 3.99. The molecule has 1 aromatic rings. The lowest BCUT2D eigenvalue weighted by molar-refractivity contribution is -0.180. The molecule has 1 aromatic carbocycles. The van der Waals surface area contributed by atoms with E-state index in [2.05, 4.69) is 5.32 Å². The van der Waals surface area contributed by atoms with Gasteiger partial charge in [-0.3, -0.25) is 0 Å². The second-order valence-corrected chi connectivity index (χ2v) is 6.36. The number of halogens is 1. The van der Waals surface area contributed by atoms with Gasteiger partial charge in [-0.2, -0.15) is 4.89 Å². The van der Waals surface area contributed by atoms with Gasteiger partial charge < -0.3 is 14.8 Å². The molecule has 0 fully saturated rings. The largest absolute Gasteiger partial charge is 0.573 e. The molecule has 0 spiro atoms. The molecule has 0 aliphatic carbocycles. The van der Waals surface area contributed by atoms with Gasteiger partial charge in [0.15, 0.2) is 0 Å². The van der Waals surface area contributed by atoms with Crippen LogP contribution in [-0.2, 0) is 20.6 Å². The molecule has 0 amide bonds. The van der Waals surface area contributed by atoms with E-state index in [1.54, 1.807) is 13.8 Å². The average Bonchev–Trinajstić information content (AvgIpc) is 2.48. The molecule has 1 atom stereocenters. The van der Waals surface area contributed by atoms with Gasteiger partial charge in [-0.25, -0.2) is 0 Å². The number of hydrogen-bond donors (Lipinski definition) is 2. The van der Waals surface area contributed by atoms with Crippen molar-refractivity contribution in [3.8, 4) is 0 Å². The first-order chi connectivity index (χ1) is 10.6. The Labute approximate surface area is 137 Å². The third-order valence-electron chi connectivity index (χ3n) is 3.15. The van der Waals surface area contributed by atoms with Crippen molar-refractivity contribution in [3.63, 3.8) is 0 Å². The second kappa shape index (κ2) is 10.3. The Morgan fingerprint density at radius 3 is 2.45 bits per heavy atom. The quantitative estimate of drug-likeness (QED) is 0.363. The first kappa shape index (κ1) is 19.5. The number of rotatable bonds is 11. The Hall–Kier alpha value is -0.550. The molecule has 2 N–H and O–H groups in total. The maximum atomic E-state index is 11.6. The third kappa shape index (κ3) is 5.92. The van der Waals surface area contributed by atoms with Crippen LogP contribution in [0.2, 0.25) is 5.02 Å². The van der Waals surface area contributed by atoms with Crippen LogP contribution in [0.4, 0.5) is 0 Å². The lowest BCUT2D eigenvalue weighted by Gasteiger charge is -2.20. The van der Waals surface area contributed by atoms with Crippen LogP contribution in [-0.4, -0.2) is 30.2 Å². The Morgan fingerprint density at radius 2 is 1.91 bits per heavy atom. The molecule has 124 valence electrons. The van der Waals surface area contributed by atoms with Crippen molar-refractivity contribution in [1.29, 1.82) is 0 Å². The lowest BCUT2D eigenvalue weighted by Crippen LogP contribution is -2.33. The van der Waals surface area contributed by atoms with Gasteiger partial charge >= 0.3 is 13.6 Å². The van der Waals surface area contributed by atoms with E-state index in [0.717, 1.165) is 10.6 Å². The number of ether oxygens (including phenoxy) is 2. The van der Waals surface area contributed by atoms with Crippen LogP contribution in [0.25, 0.3) is 0 Å². The van der Waals surface area contributed by atoms with E-state index in [4.69, 9.17) is 21.1 Å². The molecule has 5 nitrogen and oxygen atoms in total. The molecule has 1 unspecified atom stereocenters. The van der Waals surface area contributed by atoms with Crippen LogP contribution in [0.1, 0.15) is 32.3 Å². The Kier molecular flexibility index (Phi) is 9.10. The fourth-order valence-corrected chi connectivity index (χ4v) is 3.18. The van der Waals surface area contributed by atoms with Gasteiger partial charge in [-0.05, 0) is 43.0 Å². The van der Waals surface area contributed by atoms with Gasteiger partial charge in [0.2, 0.25) is 0 Å². The van der Waals surface area contributed by atoms with E-state index in [1.807, 2.05) is 24.3 Å². The molecule has 0 aromatic heterocycles. The number of hydrogen-bond acceptors (Lipinski definition) is 4. The van der Waals surface area contributed by atoms with Crippen molar-refractivity contribution in [2.24, 2.45) is 0 Å². The highest BCUT2D eigenvalue weighted by Crippen LogP contribution is 2.41. The highest BCUT2D eigenvalue weighted by Gasteiger charge is 2.51. The van der Waals surface area contributed by atoms with Crippen LogP contribution >= 0.6 is 19.6 Å². The Morgan fingerprint density at radius 1 is 1.27 bits per heavy atom. The molecular weight excluding hydrogens is 325 g/mol. The highest BCUT2D eigenvalue weighted by molar-refractivity contribution is 7.39. The molecule has 1 rings (SSSR count). The van der Waals surface area contributed by atoms with E-state index >= 15 is 0 Å². The predicted molar refractivity (Wildman–Crippen MR) is 88.2 cm³/mol. The zero-order valence-corrected chi connectivity index (χ0v) is 14.7. The van der Waals surface area contributed by atoms with Crippen LogP contribution in [0.3, 0.4) is 0 Å². The second-order valence-electron chi connectivity index (χ2n) is 4.72. The fraction of sp³-hybridized carbons (Fsp3) is 0.600. The summed E-state index contributed by atoms with van der Waals surface area (Å²) in [4.78, 5) is 9.52. The topological polar surface area (TPSA) is 67.8 Å². The lowest BCUT2D eigenvalue weighted by atomic mass is 10.2. The molecule has 0 aliphatic rings. The minimum Gasteiger partial charge on any atom is -0.313 e. The van der Waals surface area contributed by atoms with Gasteiger partial charge in [-0.15, -0.1) is 0 Å². The van der Waals surface area contributed by atoms with Gasteiger partial charge in [0, 0.05) is 11.6 Å². The van der Waals surface area contributed by atoms with Crippen molar-refractivity contribution >= 4 is 19.6 Å². The maximum Gasteiger partial charge on any atom is 0.573 e. The molecule has 0 saturated carbocycles. The number of benzene rings is 1. The molecule has 0 bridgehead atoms. The van der Waals surface area contributed by atoms with Crippen molar-refractivity contribution < 1.29 is 18.9 Å². The van der Waals surface area contributed by atoms with E-state index in [-0.39, 0.29) is 0 Å². The Balaban J connectivity index is 2.43. The molecule has 7 heteroatoms. The van der Waals surface area contributed by atoms with Gasteiger partial charge in [-0.1, -0.05) is 29.8 Å². The van der Waals surface area contributed by atoms with Gasteiger partial charge in [0.05, 0.1) is 19.6 Å². The van der Waals surface area contributed by atoms with E-state index in [9.17, 15) is 9.46 Å². The Bertz CT molecular complexity index is 467. The van der Waals surface area contributed by atoms with Crippen molar-refractivity contribution in [1.82, 2.24) is 5.32 Å². The molecule has 0 radical (unpaired) electrons. The predicted octanol–water partition coefficient (Wildman–Crippen LogP) is 3.67. The summed E-state index contributed by atoms with van der Waals surface area (Å²) in [6.45, 7) is 5.55. The van der Waals surface area contributed by atoms with Gasteiger partial charge in [0.25, 0.3) is 0 Å². The average molecular weight is 349 g/mol. The monoisotopic (exact) mass is 348 g/mol.